The van der Waals surface area contributed by atoms with Crippen LogP contribution in [0.4, 0.5) is 0 Å². The lowest BCUT2D eigenvalue weighted by atomic mass is 15.6. The molecule has 0 bridgehead atoms. The monoisotopic (exact) mass is 320 g/mol. The summed E-state index contributed by atoms with van der Waals surface area (Å²) in [7, 11) is -20.3. The van der Waals surface area contributed by atoms with Gasteiger partial charge < -0.3 is 19.6 Å². The predicted octanol–water partition coefficient (Wildman–Crippen LogP) is 0.468. The molecule has 0 aromatic rings. The number of hydrogen-bond donors (Lipinski definition) is 4. The van der Waals surface area contributed by atoms with Crippen LogP contribution in [0.15, 0.2) is 0 Å². The van der Waals surface area contributed by atoms with Gasteiger partial charge in [0.25, 0.3) is 0 Å². The number of rotatable bonds is 4. The molecule has 0 spiro atoms. The lowest BCUT2D eigenvalue weighted by Crippen LogP contribution is -2.07. The molecule has 12 nitrogen and oxygen atoms in total. The van der Waals surface area contributed by atoms with E-state index in [9.17, 15) is 18.3 Å². The number of phosphoric acid groups is 4. The summed E-state index contributed by atoms with van der Waals surface area (Å²) in [6, 6.07) is 0. The van der Waals surface area contributed by atoms with Crippen LogP contribution in [0.5, 0.6) is 0 Å². The smallest absolute Gasteiger partial charge is 0.302 e. The third-order valence-corrected chi connectivity index (χ3v) is 7.37. The zero-order chi connectivity index (χ0) is 12.8. The Morgan fingerprint density at radius 2 is 1.50 bits per heavy atom. The van der Waals surface area contributed by atoms with Crippen molar-refractivity contribution in [2.75, 3.05) is 0 Å². The van der Waals surface area contributed by atoms with E-state index in [-0.39, 0.29) is 0 Å². The Balaban J connectivity index is 2.69. The van der Waals surface area contributed by atoms with Crippen LogP contribution in [-0.2, 0) is 35.5 Å². The highest BCUT2D eigenvalue weighted by atomic mass is 31.4. The van der Waals surface area contributed by atoms with E-state index in [1.807, 2.05) is 0 Å². The Hall–Kier alpha value is 0.600. The van der Waals surface area contributed by atoms with Crippen LogP contribution in [-0.4, -0.2) is 19.6 Å². The average Bonchev–Trinajstić information content (AvgIpc) is 1.69. The van der Waals surface area contributed by atoms with Crippen molar-refractivity contribution >= 4 is 31.3 Å². The van der Waals surface area contributed by atoms with Gasteiger partial charge in [0.05, 0.1) is 0 Å². The lowest BCUT2D eigenvalue weighted by Gasteiger charge is -2.28. The summed E-state index contributed by atoms with van der Waals surface area (Å²) in [5, 5.41) is 0. The summed E-state index contributed by atoms with van der Waals surface area (Å²) < 4.78 is 56.2. The molecule has 0 saturated carbocycles. The van der Waals surface area contributed by atoms with E-state index in [0.29, 0.717) is 0 Å². The molecule has 1 atom stereocenters. The van der Waals surface area contributed by atoms with E-state index < -0.39 is 31.3 Å². The van der Waals surface area contributed by atoms with Crippen molar-refractivity contribution < 1.29 is 55.1 Å². The molecule has 16 heteroatoms. The van der Waals surface area contributed by atoms with Gasteiger partial charge in [-0.3, -0.25) is 0 Å². The van der Waals surface area contributed by atoms with Crippen molar-refractivity contribution in [3.05, 3.63) is 0 Å². The van der Waals surface area contributed by atoms with E-state index in [0.717, 1.165) is 0 Å². The molecule has 0 radical (unpaired) electrons. The molecule has 0 amide bonds. The van der Waals surface area contributed by atoms with Crippen LogP contribution < -0.4 is 0 Å². The first kappa shape index (κ1) is 14.7. The molecule has 1 aliphatic rings. The van der Waals surface area contributed by atoms with Gasteiger partial charge >= 0.3 is 31.3 Å². The standard InChI is InChI=1S/H4O12P4/c1-13(2,3)9-14(4,5)10-16(8)11-15(6,7)12-16/h(H,4,5)(H,6,7)(H2,1,2,3). The van der Waals surface area contributed by atoms with E-state index >= 15 is 0 Å². The SMILES string of the molecule is O=P(O)(O)OP(=O)(O)OP1(=O)OP(=O)(O)O1. The first-order chi connectivity index (χ1) is 6.83. The average molecular weight is 320 g/mol. The van der Waals surface area contributed by atoms with Crippen LogP contribution in [0.1, 0.15) is 0 Å². The summed E-state index contributed by atoms with van der Waals surface area (Å²) >= 11 is 0. The van der Waals surface area contributed by atoms with Gasteiger partial charge in [-0.25, -0.2) is 18.3 Å². The Kier molecular flexibility index (Phi) is 3.72. The number of hydrogen-bond acceptors (Lipinski definition) is 8. The zero-order valence-electron chi connectivity index (χ0n) is 6.84. The van der Waals surface area contributed by atoms with Crippen LogP contribution >= 0.6 is 31.3 Å². The predicted molar refractivity (Wildman–Crippen MR) is 43.6 cm³/mol. The van der Waals surface area contributed by atoms with E-state index in [2.05, 4.69) is 17.2 Å². The first-order valence-corrected chi connectivity index (χ1v) is 8.97. The minimum Gasteiger partial charge on any atom is -0.302 e. The summed E-state index contributed by atoms with van der Waals surface area (Å²) in [5.41, 5.74) is 0. The molecule has 1 aliphatic heterocycles. The Morgan fingerprint density at radius 3 is 1.81 bits per heavy atom. The van der Waals surface area contributed by atoms with Crippen LogP contribution in [0.3, 0.4) is 0 Å². The fourth-order valence-electron chi connectivity index (χ4n) is 0.564. The topological polar surface area (TPSA) is 186 Å². The van der Waals surface area contributed by atoms with Gasteiger partial charge in [-0.05, 0) is 0 Å². The summed E-state index contributed by atoms with van der Waals surface area (Å²) in [5.74, 6) is 0. The minimum absolute atomic E-state index is 3.22. The van der Waals surface area contributed by atoms with Gasteiger partial charge in [-0.1, -0.05) is 0 Å². The van der Waals surface area contributed by atoms with Gasteiger partial charge in [0.15, 0.2) is 0 Å². The van der Waals surface area contributed by atoms with Crippen molar-refractivity contribution in [2.45, 2.75) is 0 Å². The van der Waals surface area contributed by atoms with Crippen LogP contribution in [0.25, 0.3) is 0 Å². The van der Waals surface area contributed by atoms with Crippen molar-refractivity contribution in [2.24, 2.45) is 0 Å². The summed E-state index contributed by atoms with van der Waals surface area (Å²) in [4.78, 5) is 33.3. The van der Waals surface area contributed by atoms with Crippen LogP contribution in [0, 0.1) is 0 Å². The molecule has 1 fully saturated rings. The van der Waals surface area contributed by atoms with E-state index in [4.69, 9.17) is 19.6 Å². The van der Waals surface area contributed by atoms with Gasteiger partial charge in [0.1, 0.15) is 0 Å². The molecule has 4 N–H and O–H groups in total. The third kappa shape index (κ3) is 4.46. The largest absolute Gasteiger partial charge is 0.501 e. The van der Waals surface area contributed by atoms with Gasteiger partial charge in [-0.15, -0.1) is 0 Å². The van der Waals surface area contributed by atoms with Crippen LogP contribution in [0.2, 0.25) is 0 Å². The fourth-order valence-corrected chi connectivity index (χ4v) is 5.88. The quantitative estimate of drug-likeness (QED) is 0.525. The van der Waals surface area contributed by atoms with Crippen molar-refractivity contribution in [1.29, 1.82) is 0 Å². The normalized spacial score (nSPS) is 38.8. The van der Waals surface area contributed by atoms with E-state index in [1.54, 1.807) is 0 Å². The Morgan fingerprint density at radius 1 is 1.06 bits per heavy atom. The molecular weight excluding hydrogens is 316 g/mol. The maximum Gasteiger partial charge on any atom is 0.501 e. The molecule has 0 aromatic carbocycles. The highest BCUT2D eigenvalue weighted by molar-refractivity contribution is 7.78. The van der Waals surface area contributed by atoms with Gasteiger partial charge in [0, 0.05) is 0 Å². The molecule has 1 rings (SSSR count). The van der Waals surface area contributed by atoms with Crippen molar-refractivity contribution in [3.63, 3.8) is 0 Å². The second-order valence-electron chi connectivity index (χ2n) is 2.20. The highest BCUT2D eigenvalue weighted by Crippen LogP contribution is 2.84. The summed E-state index contributed by atoms with van der Waals surface area (Å²) in [6.45, 7) is 0. The molecule has 16 heavy (non-hydrogen) atoms. The molecule has 1 unspecified atom stereocenters. The lowest BCUT2D eigenvalue weighted by molar-refractivity contribution is 0.149. The maximum atomic E-state index is 10.9. The second-order valence-corrected chi connectivity index (χ2v) is 8.56. The molecule has 1 heterocycles. The Bertz CT molecular complexity index is 449. The van der Waals surface area contributed by atoms with Gasteiger partial charge in [0.2, 0.25) is 0 Å². The molecular formula is H4O12P4. The van der Waals surface area contributed by atoms with Gasteiger partial charge in [-0.2, -0.15) is 17.2 Å². The summed E-state index contributed by atoms with van der Waals surface area (Å²) in [6.07, 6.45) is 0. The van der Waals surface area contributed by atoms with Crippen molar-refractivity contribution in [3.8, 4) is 0 Å². The molecule has 0 aromatic heterocycles. The second kappa shape index (κ2) is 4.07. The van der Waals surface area contributed by atoms with Crippen molar-refractivity contribution in [1.82, 2.24) is 0 Å². The minimum atomic E-state index is -5.47. The molecule has 96 valence electrons. The van der Waals surface area contributed by atoms with E-state index in [1.165, 1.54) is 0 Å². The highest BCUT2D eigenvalue weighted by Gasteiger charge is 2.59. The maximum absolute atomic E-state index is 10.9. The fraction of sp³-hybridized carbons (Fsp3) is 0. The third-order valence-electron chi connectivity index (χ3n) is 0.819. The Labute approximate surface area is 87.2 Å². The molecule has 1 saturated heterocycles. The zero-order valence-corrected chi connectivity index (χ0v) is 10.4. The molecule has 0 aliphatic carbocycles. The first-order valence-electron chi connectivity index (χ1n) is 2.99.